The molecule has 0 aliphatic heterocycles. The molecule has 2 rings (SSSR count). The summed E-state index contributed by atoms with van der Waals surface area (Å²) in [5.74, 6) is 1.79. The van der Waals surface area contributed by atoms with Crippen molar-refractivity contribution in [3.8, 4) is 17.2 Å². The zero-order valence-electron chi connectivity index (χ0n) is 11.1. The van der Waals surface area contributed by atoms with E-state index >= 15 is 0 Å². The molecule has 0 saturated carbocycles. The third-order valence-corrected chi connectivity index (χ3v) is 3.57. The summed E-state index contributed by atoms with van der Waals surface area (Å²) in [7, 11) is 1.95. The van der Waals surface area contributed by atoms with E-state index in [0.717, 1.165) is 28.0 Å². The molecule has 0 bridgehead atoms. The zero-order valence-corrected chi connectivity index (χ0v) is 14.1. The molecule has 0 heterocycles. The van der Waals surface area contributed by atoms with Gasteiger partial charge in [-0.25, -0.2) is 0 Å². The Morgan fingerprint density at radius 3 is 2.45 bits per heavy atom. The number of nitrogens with one attached hydrogen (secondary N) is 1. The van der Waals surface area contributed by atoms with Gasteiger partial charge in [-0.15, -0.1) is 12.4 Å². The molecule has 0 unspecified atom stereocenters. The van der Waals surface area contributed by atoms with Crippen molar-refractivity contribution in [2.45, 2.75) is 6.42 Å². The first-order chi connectivity index (χ1) is 9.19. The van der Waals surface area contributed by atoms with Crippen LogP contribution in [0.15, 0.2) is 42.5 Å². The first-order valence-corrected chi connectivity index (χ1v) is 7.17. The molecule has 0 spiro atoms. The van der Waals surface area contributed by atoms with E-state index in [9.17, 15) is 5.11 Å². The minimum Gasteiger partial charge on any atom is -0.508 e. The number of likely N-dealkylation sites (N-methyl/N-ethyl adjacent to an activating group) is 1. The highest BCUT2D eigenvalue weighted by atomic mass is 127. The van der Waals surface area contributed by atoms with Gasteiger partial charge >= 0.3 is 0 Å². The highest BCUT2D eigenvalue weighted by molar-refractivity contribution is 14.1. The maximum atomic E-state index is 9.23. The molecule has 0 amide bonds. The minimum absolute atomic E-state index is 0. The Kier molecular flexibility index (Phi) is 7.12. The molecule has 20 heavy (non-hydrogen) atoms. The van der Waals surface area contributed by atoms with Crippen molar-refractivity contribution < 1.29 is 9.84 Å². The summed E-state index contributed by atoms with van der Waals surface area (Å²) >= 11 is 2.28. The summed E-state index contributed by atoms with van der Waals surface area (Å²) < 4.78 is 6.87. The van der Waals surface area contributed by atoms with Crippen LogP contribution in [0.2, 0.25) is 0 Å². The number of aromatic hydroxyl groups is 1. The van der Waals surface area contributed by atoms with Gasteiger partial charge < -0.3 is 15.2 Å². The van der Waals surface area contributed by atoms with Gasteiger partial charge in [0.25, 0.3) is 0 Å². The van der Waals surface area contributed by atoms with E-state index < -0.39 is 0 Å². The van der Waals surface area contributed by atoms with Crippen molar-refractivity contribution in [3.05, 3.63) is 51.6 Å². The quantitative estimate of drug-likeness (QED) is 0.740. The number of phenols is 1. The molecule has 3 nitrogen and oxygen atoms in total. The van der Waals surface area contributed by atoms with E-state index in [-0.39, 0.29) is 18.2 Å². The molecule has 0 aliphatic rings. The van der Waals surface area contributed by atoms with E-state index in [4.69, 9.17) is 4.74 Å². The fourth-order valence-corrected chi connectivity index (χ4v) is 2.38. The first-order valence-electron chi connectivity index (χ1n) is 6.09. The molecular formula is C15H17ClINO2. The normalized spacial score (nSPS) is 9.90. The van der Waals surface area contributed by atoms with Crippen LogP contribution >= 0.6 is 35.0 Å². The third kappa shape index (κ3) is 4.85. The average Bonchev–Trinajstić information content (AvgIpc) is 2.41. The van der Waals surface area contributed by atoms with E-state index in [1.165, 1.54) is 5.56 Å². The summed E-state index contributed by atoms with van der Waals surface area (Å²) in [4.78, 5) is 0. The van der Waals surface area contributed by atoms with Crippen LogP contribution in [0.5, 0.6) is 17.2 Å². The van der Waals surface area contributed by atoms with Crippen LogP contribution in [0.3, 0.4) is 0 Å². The zero-order chi connectivity index (χ0) is 13.7. The Balaban J connectivity index is 0.00000200. The molecule has 0 aliphatic carbocycles. The number of benzene rings is 2. The predicted molar refractivity (Wildman–Crippen MR) is 92.2 cm³/mol. The number of hydrogen-bond donors (Lipinski definition) is 2. The van der Waals surface area contributed by atoms with Crippen LogP contribution in [0.4, 0.5) is 0 Å². The Bertz CT molecular complexity index is 546. The molecule has 108 valence electrons. The van der Waals surface area contributed by atoms with Crippen LogP contribution in [0.1, 0.15) is 5.56 Å². The molecule has 0 atom stereocenters. The monoisotopic (exact) mass is 405 g/mol. The van der Waals surface area contributed by atoms with E-state index in [1.807, 2.05) is 13.1 Å². The first kappa shape index (κ1) is 17.1. The van der Waals surface area contributed by atoms with E-state index in [0.29, 0.717) is 0 Å². The fraction of sp³-hybridized carbons (Fsp3) is 0.200. The molecule has 5 heteroatoms. The Morgan fingerprint density at radius 2 is 1.85 bits per heavy atom. The average molecular weight is 406 g/mol. The van der Waals surface area contributed by atoms with E-state index in [1.54, 1.807) is 24.3 Å². The molecule has 2 aromatic rings. The van der Waals surface area contributed by atoms with Gasteiger partial charge in [-0.2, -0.15) is 0 Å². The lowest BCUT2D eigenvalue weighted by molar-refractivity contribution is 0.463. The summed E-state index contributed by atoms with van der Waals surface area (Å²) in [5.41, 5.74) is 1.29. The van der Waals surface area contributed by atoms with Crippen molar-refractivity contribution >= 4 is 35.0 Å². The highest BCUT2D eigenvalue weighted by Crippen LogP contribution is 2.28. The second-order valence-corrected chi connectivity index (χ2v) is 5.38. The van der Waals surface area contributed by atoms with Crippen LogP contribution in [0.25, 0.3) is 0 Å². The van der Waals surface area contributed by atoms with Gasteiger partial charge in [0.15, 0.2) is 0 Å². The van der Waals surface area contributed by atoms with Crippen LogP contribution < -0.4 is 10.1 Å². The lowest BCUT2D eigenvalue weighted by Crippen LogP contribution is -2.10. The van der Waals surface area contributed by atoms with Crippen LogP contribution in [0, 0.1) is 3.57 Å². The minimum atomic E-state index is 0. The number of halogens is 2. The summed E-state index contributed by atoms with van der Waals surface area (Å²) in [6.45, 7) is 0.967. The number of phenolic OH excluding ortho intramolecular Hbond substituents is 1. The molecular weight excluding hydrogens is 389 g/mol. The predicted octanol–water partition coefficient (Wildman–Crippen LogP) is 3.97. The number of ether oxygens (including phenoxy) is 1. The maximum Gasteiger partial charge on any atom is 0.140 e. The lowest BCUT2D eigenvalue weighted by Gasteiger charge is -2.09. The Morgan fingerprint density at radius 1 is 1.15 bits per heavy atom. The number of hydrogen-bond acceptors (Lipinski definition) is 3. The maximum absolute atomic E-state index is 9.23. The molecule has 0 radical (unpaired) electrons. The smallest absolute Gasteiger partial charge is 0.140 e. The lowest BCUT2D eigenvalue weighted by atomic mass is 10.1. The molecule has 0 saturated heterocycles. The van der Waals surface area contributed by atoms with Crippen LogP contribution in [-0.4, -0.2) is 18.7 Å². The fourth-order valence-electron chi connectivity index (χ4n) is 1.69. The van der Waals surface area contributed by atoms with Crippen LogP contribution in [-0.2, 0) is 6.42 Å². The SMILES string of the molecule is CNCCc1ccc(Oc2ccc(O)cc2)c(I)c1.Cl. The van der Waals surface area contributed by atoms with Gasteiger partial charge in [-0.1, -0.05) is 6.07 Å². The Hall–Kier alpha value is -0.980. The van der Waals surface area contributed by atoms with Crippen molar-refractivity contribution in [2.24, 2.45) is 0 Å². The molecule has 2 aromatic carbocycles. The highest BCUT2D eigenvalue weighted by Gasteiger charge is 2.04. The summed E-state index contributed by atoms with van der Waals surface area (Å²) in [6, 6.07) is 12.9. The standard InChI is InChI=1S/C15H16INO2.ClH/c1-17-9-8-11-2-7-15(14(16)10-11)19-13-5-3-12(18)4-6-13;/h2-7,10,17-18H,8-9H2,1H3;1H. The largest absolute Gasteiger partial charge is 0.508 e. The van der Waals surface area contributed by atoms with Crippen molar-refractivity contribution in [1.29, 1.82) is 0 Å². The van der Waals surface area contributed by atoms with Gasteiger partial charge in [-0.3, -0.25) is 0 Å². The van der Waals surface area contributed by atoms with Gasteiger partial charge in [0.05, 0.1) is 3.57 Å². The Labute approximate surface area is 138 Å². The van der Waals surface area contributed by atoms with Crippen molar-refractivity contribution in [3.63, 3.8) is 0 Å². The molecule has 0 aromatic heterocycles. The molecule has 2 N–H and O–H groups in total. The van der Waals surface area contributed by atoms with Gasteiger partial charge in [0.1, 0.15) is 17.2 Å². The van der Waals surface area contributed by atoms with Crippen molar-refractivity contribution in [2.75, 3.05) is 13.6 Å². The third-order valence-electron chi connectivity index (χ3n) is 2.72. The topological polar surface area (TPSA) is 41.5 Å². The molecule has 0 fully saturated rings. The summed E-state index contributed by atoms with van der Waals surface area (Å²) in [5, 5.41) is 12.4. The second kappa shape index (κ2) is 8.34. The summed E-state index contributed by atoms with van der Waals surface area (Å²) in [6.07, 6.45) is 1.01. The number of rotatable bonds is 5. The van der Waals surface area contributed by atoms with Gasteiger partial charge in [0, 0.05) is 0 Å². The van der Waals surface area contributed by atoms with E-state index in [2.05, 4.69) is 40.0 Å². The second-order valence-electron chi connectivity index (χ2n) is 4.21. The van der Waals surface area contributed by atoms with Gasteiger partial charge in [0.2, 0.25) is 0 Å². The van der Waals surface area contributed by atoms with Crippen molar-refractivity contribution in [1.82, 2.24) is 5.32 Å². The van der Waals surface area contributed by atoms with Gasteiger partial charge in [-0.05, 0) is 84.6 Å².